The molecule has 0 atom stereocenters. The highest BCUT2D eigenvalue weighted by atomic mass is 32.2. The molecule has 10 nitrogen and oxygen atoms in total. The molecule has 0 bridgehead atoms. The van der Waals surface area contributed by atoms with Gasteiger partial charge in [-0.3, -0.25) is 18.7 Å². The van der Waals surface area contributed by atoms with Gasteiger partial charge in [0.1, 0.15) is 16.2 Å². The lowest BCUT2D eigenvalue weighted by Gasteiger charge is -2.13. The van der Waals surface area contributed by atoms with E-state index in [-0.39, 0.29) is 33.5 Å². The highest BCUT2D eigenvalue weighted by Crippen LogP contribution is 2.33. The van der Waals surface area contributed by atoms with Crippen molar-refractivity contribution in [2.24, 2.45) is 14.1 Å². The summed E-state index contributed by atoms with van der Waals surface area (Å²) in [6, 6.07) is 10.4. The van der Waals surface area contributed by atoms with Crippen molar-refractivity contribution in [1.29, 1.82) is 0 Å². The van der Waals surface area contributed by atoms with Gasteiger partial charge in [0.15, 0.2) is 23.0 Å². The number of aromatic nitrogens is 4. The standard InChI is InChI=1S/C24H22FN5O5S/c1-29-21-19(23(32)30(2)24(29)33)22(36-12-18(31)26-15-8-6-14(25)7-9-15)28-20(27-21)13-5-10-16(34-3)17(11-13)35-4/h5-11H,12H2,1-4H3,(H,26,31). The molecular weight excluding hydrogens is 489 g/mol. The van der Waals surface area contributed by atoms with Gasteiger partial charge in [0, 0.05) is 25.3 Å². The Bertz CT molecular complexity index is 1580. The van der Waals surface area contributed by atoms with Crippen LogP contribution in [-0.2, 0) is 18.9 Å². The number of rotatable bonds is 7. The number of hydrogen-bond acceptors (Lipinski definition) is 8. The number of nitrogens with one attached hydrogen (secondary N) is 1. The van der Waals surface area contributed by atoms with Crippen LogP contribution in [0.15, 0.2) is 57.1 Å². The molecule has 0 fully saturated rings. The molecule has 12 heteroatoms. The van der Waals surface area contributed by atoms with Gasteiger partial charge in [0.25, 0.3) is 5.56 Å². The number of halogens is 1. The first-order valence-corrected chi connectivity index (χ1v) is 11.6. The third kappa shape index (κ3) is 4.80. The molecule has 186 valence electrons. The van der Waals surface area contributed by atoms with E-state index in [1.807, 2.05) is 0 Å². The number of carbonyl (C=O) groups excluding carboxylic acids is 1. The summed E-state index contributed by atoms with van der Waals surface area (Å²) < 4.78 is 26.0. The molecule has 4 rings (SSSR count). The minimum atomic E-state index is -0.576. The lowest BCUT2D eigenvalue weighted by atomic mass is 10.2. The van der Waals surface area contributed by atoms with Crippen molar-refractivity contribution in [3.63, 3.8) is 0 Å². The number of hydrogen-bond donors (Lipinski definition) is 1. The number of carbonyl (C=O) groups is 1. The van der Waals surface area contributed by atoms with Crippen molar-refractivity contribution in [2.75, 3.05) is 25.3 Å². The predicted molar refractivity (Wildman–Crippen MR) is 134 cm³/mol. The summed E-state index contributed by atoms with van der Waals surface area (Å²) in [5.41, 5.74) is -0.00800. The molecule has 1 N–H and O–H groups in total. The molecule has 0 aliphatic rings. The van der Waals surface area contributed by atoms with E-state index < -0.39 is 17.1 Å². The van der Waals surface area contributed by atoms with Crippen molar-refractivity contribution >= 4 is 34.4 Å². The largest absolute Gasteiger partial charge is 0.493 e. The number of benzene rings is 2. The molecule has 36 heavy (non-hydrogen) atoms. The van der Waals surface area contributed by atoms with Gasteiger partial charge in [-0.25, -0.2) is 19.2 Å². The van der Waals surface area contributed by atoms with Crippen LogP contribution in [0.2, 0.25) is 0 Å². The number of methoxy groups -OCH3 is 2. The first kappa shape index (κ1) is 24.9. The van der Waals surface area contributed by atoms with Crippen molar-refractivity contribution in [3.05, 3.63) is 69.1 Å². The van der Waals surface area contributed by atoms with Gasteiger partial charge in [-0.1, -0.05) is 11.8 Å². The molecule has 2 heterocycles. The Hall–Kier alpha value is -4.19. The second-order valence-corrected chi connectivity index (χ2v) is 8.63. The van der Waals surface area contributed by atoms with Crippen molar-refractivity contribution in [1.82, 2.24) is 19.1 Å². The average Bonchev–Trinajstić information content (AvgIpc) is 2.89. The number of thioether (sulfide) groups is 1. The SMILES string of the molecule is COc1ccc(-c2nc(SCC(=O)Nc3ccc(F)cc3)c3c(=O)n(C)c(=O)n(C)c3n2)cc1OC. The van der Waals surface area contributed by atoms with Gasteiger partial charge in [-0.05, 0) is 42.5 Å². The normalized spacial score (nSPS) is 10.9. The third-order valence-corrected chi connectivity index (χ3v) is 6.35. The zero-order valence-electron chi connectivity index (χ0n) is 19.9. The van der Waals surface area contributed by atoms with E-state index in [4.69, 9.17) is 9.47 Å². The third-order valence-electron chi connectivity index (χ3n) is 5.38. The fraction of sp³-hybridized carbons (Fsp3) is 0.208. The van der Waals surface area contributed by atoms with E-state index in [9.17, 15) is 18.8 Å². The predicted octanol–water partition coefficient (Wildman–Crippen LogP) is 2.58. The maximum absolute atomic E-state index is 13.1. The fourth-order valence-electron chi connectivity index (χ4n) is 3.50. The summed E-state index contributed by atoms with van der Waals surface area (Å²) in [6.45, 7) is 0. The minimum absolute atomic E-state index is 0.0964. The Labute approximate surface area is 208 Å². The van der Waals surface area contributed by atoms with Crippen LogP contribution in [0.5, 0.6) is 11.5 Å². The van der Waals surface area contributed by atoms with Crippen LogP contribution in [0.1, 0.15) is 0 Å². The van der Waals surface area contributed by atoms with Gasteiger partial charge < -0.3 is 14.8 Å². The summed E-state index contributed by atoms with van der Waals surface area (Å²) in [7, 11) is 5.88. The molecule has 0 unspecified atom stereocenters. The topological polar surface area (TPSA) is 117 Å². The number of nitrogens with zero attached hydrogens (tertiary/aromatic N) is 4. The molecule has 1 amide bonds. The summed E-state index contributed by atoms with van der Waals surface area (Å²) in [5, 5.41) is 3.02. The highest BCUT2D eigenvalue weighted by Gasteiger charge is 2.20. The van der Waals surface area contributed by atoms with Crippen LogP contribution in [0.25, 0.3) is 22.4 Å². The van der Waals surface area contributed by atoms with Crippen molar-refractivity contribution in [2.45, 2.75) is 5.03 Å². The van der Waals surface area contributed by atoms with Crippen LogP contribution in [-0.4, -0.2) is 45.0 Å². The Morgan fingerprint density at radius 2 is 1.69 bits per heavy atom. The van der Waals surface area contributed by atoms with Gasteiger partial charge in [-0.2, -0.15) is 0 Å². The van der Waals surface area contributed by atoms with E-state index >= 15 is 0 Å². The molecule has 0 saturated heterocycles. The van der Waals surface area contributed by atoms with Gasteiger partial charge >= 0.3 is 5.69 Å². The number of anilines is 1. The molecule has 2 aromatic heterocycles. The molecular formula is C24H22FN5O5S. The lowest BCUT2D eigenvalue weighted by Crippen LogP contribution is -2.37. The Morgan fingerprint density at radius 3 is 2.36 bits per heavy atom. The maximum Gasteiger partial charge on any atom is 0.332 e. The van der Waals surface area contributed by atoms with Crippen LogP contribution in [0.4, 0.5) is 10.1 Å². The average molecular weight is 512 g/mol. The summed E-state index contributed by atoms with van der Waals surface area (Å²) in [6.07, 6.45) is 0. The summed E-state index contributed by atoms with van der Waals surface area (Å²) in [4.78, 5) is 47.2. The first-order chi connectivity index (χ1) is 17.2. The van der Waals surface area contributed by atoms with Gasteiger partial charge in [0.05, 0.1) is 20.0 Å². The summed E-state index contributed by atoms with van der Waals surface area (Å²) in [5.74, 6) is 0.292. The van der Waals surface area contributed by atoms with Crippen LogP contribution >= 0.6 is 11.8 Å². The quantitative estimate of drug-likeness (QED) is 0.297. The van der Waals surface area contributed by atoms with Crippen molar-refractivity contribution in [3.8, 4) is 22.9 Å². The Balaban J connectivity index is 1.78. The molecule has 4 aromatic rings. The number of ether oxygens (including phenoxy) is 2. The van der Waals surface area contributed by atoms with Gasteiger partial charge in [0.2, 0.25) is 5.91 Å². The smallest absolute Gasteiger partial charge is 0.332 e. The molecule has 2 aromatic carbocycles. The highest BCUT2D eigenvalue weighted by molar-refractivity contribution is 8.00. The molecule has 0 aliphatic carbocycles. The second kappa shape index (κ2) is 10.2. The zero-order chi connectivity index (χ0) is 26.0. The maximum atomic E-state index is 13.1. The Morgan fingerprint density at radius 1 is 1.00 bits per heavy atom. The molecule has 0 saturated carbocycles. The van der Waals surface area contributed by atoms with Crippen LogP contribution < -0.4 is 26.0 Å². The van der Waals surface area contributed by atoms with Crippen LogP contribution in [0.3, 0.4) is 0 Å². The lowest BCUT2D eigenvalue weighted by molar-refractivity contribution is -0.113. The van der Waals surface area contributed by atoms with E-state index in [1.54, 1.807) is 18.2 Å². The van der Waals surface area contributed by atoms with Crippen molar-refractivity contribution < 1.29 is 18.7 Å². The van der Waals surface area contributed by atoms with E-state index in [1.165, 1.54) is 57.1 Å². The van der Waals surface area contributed by atoms with E-state index in [0.717, 1.165) is 16.3 Å². The minimum Gasteiger partial charge on any atom is -0.493 e. The monoisotopic (exact) mass is 511 g/mol. The fourth-order valence-corrected chi connectivity index (χ4v) is 4.32. The first-order valence-electron chi connectivity index (χ1n) is 10.6. The number of amides is 1. The van der Waals surface area contributed by atoms with E-state index in [0.29, 0.717) is 22.7 Å². The molecule has 0 radical (unpaired) electrons. The second-order valence-electron chi connectivity index (χ2n) is 7.67. The zero-order valence-corrected chi connectivity index (χ0v) is 20.7. The Kier molecular flexibility index (Phi) is 7.06. The van der Waals surface area contributed by atoms with Gasteiger partial charge in [-0.15, -0.1) is 0 Å². The molecule has 0 aliphatic heterocycles. The molecule has 0 spiro atoms. The number of aryl methyl sites for hydroxylation is 1. The van der Waals surface area contributed by atoms with E-state index in [2.05, 4.69) is 15.3 Å². The summed E-state index contributed by atoms with van der Waals surface area (Å²) >= 11 is 1.02. The van der Waals surface area contributed by atoms with Crippen LogP contribution in [0, 0.1) is 5.82 Å². The number of fused-ring (bicyclic) bond motifs is 1.